The molecule has 0 saturated carbocycles. The molecule has 0 amide bonds. The third-order valence-electron chi connectivity index (χ3n) is 2.59. The fourth-order valence-electron chi connectivity index (χ4n) is 1.64. The van der Waals surface area contributed by atoms with Gasteiger partial charge in [-0.15, -0.1) is 0 Å². The molecule has 0 aliphatic carbocycles. The van der Waals surface area contributed by atoms with Crippen molar-refractivity contribution in [3.05, 3.63) is 28.8 Å². The average Bonchev–Trinajstić information content (AvgIpc) is 2.39. The van der Waals surface area contributed by atoms with Crippen LogP contribution in [-0.2, 0) is 4.74 Å². The highest BCUT2D eigenvalue weighted by atomic mass is 35.5. The monoisotopic (exact) mass is 282 g/mol. The van der Waals surface area contributed by atoms with E-state index in [1.165, 1.54) is 12.1 Å². The summed E-state index contributed by atoms with van der Waals surface area (Å²) >= 11 is 6.10. The Balaban J connectivity index is 2.94. The van der Waals surface area contributed by atoms with Gasteiger partial charge < -0.3 is 14.7 Å². The van der Waals surface area contributed by atoms with Crippen LogP contribution in [-0.4, -0.2) is 37.9 Å². The summed E-state index contributed by atoms with van der Waals surface area (Å²) in [6.45, 7) is 1.61. The number of carboxylic acids is 1. The maximum absolute atomic E-state index is 10.8. The van der Waals surface area contributed by atoms with Gasteiger partial charge in [-0.25, -0.2) is 4.79 Å². The summed E-state index contributed by atoms with van der Waals surface area (Å²) in [7, 11) is 1.59. The van der Waals surface area contributed by atoms with E-state index in [2.05, 4.69) is 6.07 Å². The lowest BCUT2D eigenvalue weighted by atomic mass is 10.2. The number of hydrogen-bond acceptors (Lipinski definition) is 4. The molecule has 6 heteroatoms. The molecule has 19 heavy (non-hydrogen) atoms. The van der Waals surface area contributed by atoms with Crippen LogP contribution in [0.15, 0.2) is 18.2 Å². The molecular weight excluding hydrogens is 268 g/mol. The second-order valence-corrected chi connectivity index (χ2v) is 4.27. The van der Waals surface area contributed by atoms with Crippen molar-refractivity contribution in [2.75, 3.05) is 31.7 Å². The van der Waals surface area contributed by atoms with Gasteiger partial charge in [0.2, 0.25) is 0 Å². The van der Waals surface area contributed by atoms with Crippen molar-refractivity contribution in [3.63, 3.8) is 0 Å². The van der Waals surface area contributed by atoms with Gasteiger partial charge in [-0.05, 0) is 18.2 Å². The molecule has 0 radical (unpaired) electrons. The van der Waals surface area contributed by atoms with Gasteiger partial charge in [0.25, 0.3) is 0 Å². The first kappa shape index (κ1) is 15.3. The predicted octanol–water partition coefficient (Wildman–Crippen LogP) is 2.40. The number of aromatic carboxylic acids is 1. The van der Waals surface area contributed by atoms with Crippen LogP contribution in [0.25, 0.3) is 0 Å². The summed E-state index contributed by atoms with van der Waals surface area (Å²) in [5.41, 5.74) is 0.847. The molecular formula is C13H15ClN2O3. The molecule has 0 spiro atoms. The summed E-state index contributed by atoms with van der Waals surface area (Å²) in [6.07, 6.45) is 0.362. The molecule has 0 fully saturated rings. The van der Waals surface area contributed by atoms with E-state index in [0.717, 1.165) is 0 Å². The number of halogens is 1. The Labute approximate surface area is 117 Å². The van der Waals surface area contributed by atoms with E-state index in [1.807, 2.05) is 4.90 Å². The van der Waals surface area contributed by atoms with E-state index in [9.17, 15) is 4.79 Å². The van der Waals surface area contributed by atoms with Gasteiger partial charge in [-0.2, -0.15) is 5.26 Å². The van der Waals surface area contributed by atoms with Crippen LogP contribution in [0.2, 0.25) is 5.02 Å². The quantitative estimate of drug-likeness (QED) is 0.831. The Morgan fingerprint density at radius 2 is 2.26 bits per heavy atom. The Hall–Kier alpha value is -1.77. The third-order valence-corrected chi connectivity index (χ3v) is 2.90. The first-order valence-corrected chi connectivity index (χ1v) is 6.11. The number of carbonyl (C=O) groups is 1. The van der Waals surface area contributed by atoms with Crippen molar-refractivity contribution in [1.29, 1.82) is 5.26 Å². The minimum atomic E-state index is -1.02. The summed E-state index contributed by atoms with van der Waals surface area (Å²) in [4.78, 5) is 12.7. The summed E-state index contributed by atoms with van der Waals surface area (Å²) < 4.78 is 5.01. The largest absolute Gasteiger partial charge is 0.478 e. The van der Waals surface area contributed by atoms with Crippen molar-refractivity contribution >= 4 is 23.3 Å². The van der Waals surface area contributed by atoms with E-state index in [-0.39, 0.29) is 5.56 Å². The first-order valence-electron chi connectivity index (χ1n) is 5.73. The topological polar surface area (TPSA) is 73.6 Å². The lowest BCUT2D eigenvalue weighted by Gasteiger charge is -2.24. The molecule has 102 valence electrons. The molecule has 5 nitrogen and oxygen atoms in total. The maximum Gasteiger partial charge on any atom is 0.335 e. The summed E-state index contributed by atoms with van der Waals surface area (Å²) in [5, 5.41) is 17.9. The number of nitrogens with zero attached hydrogens (tertiary/aromatic N) is 2. The normalized spacial score (nSPS) is 9.95. The van der Waals surface area contributed by atoms with Crippen LogP contribution < -0.4 is 4.90 Å². The summed E-state index contributed by atoms with van der Waals surface area (Å²) in [5.74, 6) is -1.02. The highest BCUT2D eigenvalue weighted by Crippen LogP contribution is 2.27. The Morgan fingerprint density at radius 3 is 2.79 bits per heavy atom. The number of methoxy groups -OCH3 is 1. The van der Waals surface area contributed by atoms with Crippen LogP contribution in [0.5, 0.6) is 0 Å². The van der Waals surface area contributed by atoms with Crippen LogP contribution >= 0.6 is 11.6 Å². The number of anilines is 1. The summed E-state index contributed by atoms with van der Waals surface area (Å²) in [6, 6.07) is 6.63. The zero-order chi connectivity index (χ0) is 14.3. The second kappa shape index (κ2) is 7.62. The lowest BCUT2D eigenvalue weighted by Crippen LogP contribution is -2.28. The second-order valence-electron chi connectivity index (χ2n) is 3.86. The zero-order valence-corrected chi connectivity index (χ0v) is 11.4. The molecule has 0 heterocycles. The van der Waals surface area contributed by atoms with Gasteiger partial charge in [-0.1, -0.05) is 11.6 Å². The van der Waals surface area contributed by atoms with Crippen LogP contribution in [0.4, 0.5) is 5.69 Å². The molecule has 0 aliphatic heterocycles. The standard InChI is InChI=1S/C13H15ClN2O3/c1-19-8-7-16(6-2-5-15)12-4-3-10(13(17)18)9-11(12)14/h3-4,9H,2,6-8H2,1H3,(H,17,18). The van der Waals surface area contributed by atoms with Crippen molar-refractivity contribution in [1.82, 2.24) is 0 Å². The number of hydrogen-bond donors (Lipinski definition) is 1. The van der Waals surface area contributed by atoms with Gasteiger partial charge in [0.05, 0.1) is 35.4 Å². The fraction of sp³-hybridized carbons (Fsp3) is 0.385. The van der Waals surface area contributed by atoms with Crippen molar-refractivity contribution in [3.8, 4) is 6.07 Å². The third kappa shape index (κ3) is 4.43. The minimum Gasteiger partial charge on any atom is -0.478 e. The van der Waals surface area contributed by atoms with E-state index >= 15 is 0 Å². The Bertz CT molecular complexity index is 485. The highest BCUT2D eigenvalue weighted by Gasteiger charge is 2.12. The molecule has 1 aromatic rings. The van der Waals surface area contributed by atoms with E-state index in [0.29, 0.717) is 36.8 Å². The Morgan fingerprint density at radius 1 is 1.53 bits per heavy atom. The number of benzene rings is 1. The molecule has 1 aromatic carbocycles. The molecule has 0 atom stereocenters. The minimum absolute atomic E-state index is 0.140. The molecule has 0 bridgehead atoms. The zero-order valence-electron chi connectivity index (χ0n) is 10.6. The van der Waals surface area contributed by atoms with Crippen molar-refractivity contribution in [2.45, 2.75) is 6.42 Å². The molecule has 0 unspecified atom stereocenters. The lowest BCUT2D eigenvalue weighted by molar-refractivity contribution is 0.0697. The Kier molecular flexibility index (Phi) is 6.13. The van der Waals surface area contributed by atoms with Crippen LogP contribution in [0, 0.1) is 11.3 Å². The first-order chi connectivity index (χ1) is 9.10. The van der Waals surface area contributed by atoms with Gasteiger partial charge in [0.15, 0.2) is 0 Å². The highest BCUT2D eigenvalue weighted by molar-refractivity contribution is 6.33. The molecule has 0 saturated heterocycles. The number of ether oxygens (including phenoxy) is 1. The molecule has 1 N–H and O–H groups in total. The smallest absolute Gasteiger partial charge is 0.335 e. The average molecular weight is 283 g/mol. The predicted molar refractivity (Wildman–Crippen MR) is 72.7 cm³/mol. The van der Waals surface area contributed by atoms with E-state index in [1.54, 1.807) is 13.2 Å². The molecule has 1 rings (SSSR count). The molecule has 0 aliphatic rings. The van der Waals surface area contributed by atoms with Crippen molar-refractivity contribution < 1.29 is 14.6 Å². The van der Waals surface area contributed by atoms with Gasteiger partial charge in [-0.3, -0.25) is 0 Å². The van der Waals surface area contributed by atoms with E-state index < -0.39 is 5.97 Å². The van der Waals surface area contributed by atoms with Gasteiger partial charge in [0.1, 0.15) is 0 Å². The maximum atomic E-state index is 10.8. The number of rotatable bonds is 7. The van der Waals surface area contributed by atoms with Crippen LogP contribution in [0.3, 0.4) is 0 Å². The number of carboxylic acid groups (broad SMARTS) is 1. The van der Waals surface area contributed by atoms with Gasteiger partial charge >= 0.3 is 5.97 Å². The van der Waals surface area contributed by atoms with Gasteiger partial charge in [0, 0.05) is 20.2 Å². The van der Waals surface area contributed by atoms with Crippen LogP contribution in [0.1, 0.15) is 16.8 Å². The number of nitriles is 1. The van der Waals surface area contributed by atoms with E-state index in [4.69, 9.17) is 26.7 Å². The molecule has 0 aromatic heterocycles. The SMILES string of the molecule is COCCN(CCC#N)c1ccc(C(=O)O)cc1Cl. The van der Waals surface area contributed by atoms with Crippen molar-refractivity contribution in [2.24, 2.45) is 0 Å². The fourth-order valence-corrected chi connectivity index (χ4v) is 1.94.